The Kier molecular flexibility index (Phi) is 3.75. The molecule has 7 nitrogen and oxygen atoms in total. The van der Waals surface area contributed by atoms with Gasteiger partial charge in [-0.15, -0.1) is 0 Å². The number of hydrogen-bond donors (Lipinski definition) is 1. The van der Waals surface area contributed by atoms with Gasteiger partial charge in [-0.1, -0.05) is 0 Å². The number of amides is 1. The lowest BCUT2D eigenvalue weighted by molar-refractivity contribution is -0.385. The molecule has 0 aromatic carbocycles. The first-order valence-electron chi connectivity index (χ1n) is 6.12. The van der Waals surface area contributed by atoms with Gasteiger partial charge in [0.25, 0.3) is 11.6 Å². The Hall–Kier alpha value is -2.02. The molecule has 1 unspecified atom stereocenters. The summed E-state index contributed by atoms with van der Waals surface area (Å²) in [7, 11) is 0. The first-order chi connectivity index (χ1) is 8.99. The molecule has 1 saturated heterocycles. The van der Waals surface area contributed by atoms with Crippen LogP contribution in [0.5, 0.6) is 0 Å². The summed E-state index contributed by atoms with van der Waals surface area (Å²) in [5.74, 6) is -0.193. The van der Waals surface area contributed by atoms with Crippen LogP contribution in [-0.2, 0) is 0 Å². The molecular weight excluding hydrogens is 248 g/mol. The number of pyridine rings is 1. The third kappa shape index (κ3) is 2.87. The fourth-order valence-electron chi connectivity index (χ4n) is 2.13. The van der Waals surface area contributed by atoms with Crippen LogP contribution in [0.25, 0.3) is 0 Å². The first-order valence-corrected chi connectivity index (χ1v) is 6.12. The number of nitrogens with zero attached hydrogens (tertiary/aromatic N) is 3. The summed E-state index contributed by atoms with van der Waals surface area (Å²) in [6, 6.07) is 1.53. The number of nitrogens with one attached hydrogen (secondary N) is 1. The van der Waals surface area contributed by atoms with Crippen LogP contribution in [0.4, 0.5) is 5.69 Å². The van der Waals surface area contributed by atoms with E-state index in [1.54, 1.807) is 11.8 Å². The SMILES string of the molecule is Cc1ncc([N+](=O)[O-])cc1C(=O)N1CCNC(C)C1. The normalized spacial score (nSPS) is 19.3. The molecule has 2 heterocycles. The Morgan fingerprint density at radius 2 is 2.37 bits per heavy atom. The Balaban J connectivity index is 2.27. The van der Waals surface area contributed by atoms with Crippen molar-refractivity contribution >= 4 is 11.6 Å². The summed E-state index contributed by atoms with van der Waals surface area (Å²) in [5.41, 5.74) is 0.669. The number of carbonyl (C=O) groups excluding carboxylic acids is 1. The van der Waals surface area contributed by atoms with E-state index in [2.05, 4.69) is 10.3 Å². The molecule has 7 heteroatoms. The highest BCUT2D eigenvalue weighted by molar-refractivity contribution is 5.95. The highest BCUT2D eigenvalue weighted by Crippen LogP contribution is 2.17. The minimum absolute atomic E-state index is 0.155. The third-order valence-corrected chi connectivity index (χ3v) is 3.17. The zero-order valence-corrected chi connectivity index (χ0v) is 10.9. The Morgan fingerprint density at radius 1 is 1.63 bits per heavy atom. The smallest absolute Gasteiger partial charge is 0.288 e. The van der Waals surface area contributed by atoms with Gasteiger partial charge in [0.05, 0.1) is 16.2 Å². The molecule has 0 saturated carbocycles. The molecule has 0 aliphatic carbocycles. The second kappa shape index (κ2) is 5.31. The summed E-state index contributed by atoms with van der Waals surface area (Å²) in [6.45, 7) is 5.61. The largest absolute Gasteiger partial charge is 0.336 e. The number of rotatable bonds is 2. The maximum absolute atomic E-state index is 12.4. The second-order valence-corrected chi connectivity index (χ2v) is 4.69. The Labute approximate surface area is 110 Å². The maximum Gasteiger partial charge on any atom is 0.288 e. The van der Waals surface area contributed by atoms with Crippen LogP contribution in [0.15, 0.2) is 12.3 Å². The average Bonchev–Trinajstić information content (AvgIpc) is 2.38. The Morgan fingerprint density at radius 3 is 3.00 bits per heavy atom. The zero-order chi connectivity index (χ0) is 14.0. The fraction of sp³-hybridized carbons (Fsp3) is 0.500. The lowest BCUT2D eigenvalue weighted by Gasteiger charge is -2.32. The average molecular weight is 264 g/mol. The van der Waals surface area contributed by atoms with Gasteiger partial charge in [0.15, 0.2) is 0 Å². The summed E-state index contributed by atoms with van der Waals surface area (Å²) >= 11 is 0. The van der Waals surface area contributed by atoms with E-state index in [0.29, 0.717) is 24.3 Å². The molecule has 1 fully saturated rings. The zero-order valence-electron chi connectivity index (χ0n) is 10.9. The van der Waals surface area contributed by atoms with Gasteiger partial charge in [-0.25, -0.2) is 0 Å². The molecule has 0 bridgehead atoms. The maximum atomic E-state index is 12.4. The van der Waals surface area contributed by atoms with Crippen LogP contribution in [0.2, 0.25) is 0 Å². The number of aryl methyl sites for hydroxylation is 1. The number of nitro groups is 1. The van der Waals surface area contributed by atoms with Gasteiger partial charge in [0.2, 0.25) is 0 Å². The van der Waals surface area contributed by atoms with E-state index in [9.17, 15) is 14.9 Å². The van der Waals surface area contributed by atoms with Gasteiger partial charge in [-0.05, 0) is 13.8 Å². The first kappa shape index (κ1) is 13.4. The molecule has 0 radical (unpaired) electrons. The predicted octanol–water partition coefficient (Wildman–Crippen LogP) is 0.732. The van der Waals surface area contributed by atoms with Gasteiger partial charge in [-0.3, -0.25) is 19.9 Å². The number of aromatic nitrogens is 1. The molecule has 1 aromatic heterocycles. The molecule has 2 rings (SSSR count). The monoisotopic (exact) mass is 264 g/mol. The fourth-order valence-corrected chi connectivity index (χ4v) is 2.13. The number of hydrogen-bond acceptors (Lipinski definition) is 5. The van der Waals surface area contributed by atoms with E-state index in [0.717, 1.165) is 6.54 Å². The van der Waals surface area contributed by atoms with Crippen molar-refractivity contribution in [1.29, 1.82) is 0 Å². The highest BCUT2D eigenvalue weighted by Gasteiger charge is 2.24. The van der Waals surface area contributed by atoms with Crippen LogP contribution >= 0.6 is 0 Å². The number of carbonyl (C=O) groups is 1. The summed E-state index contributed by atoms with van der Waals surface area (Å²) < 4.78 is 0. The lowest BCUT2D eigenvalue weighted by atomic mass is 10.1. The molecule has 102 valence electrons. The summed E-state index contributed by atoms with van der Waals surface area (Å²) in [4.78, 5) is 28.2. The van der Waals surface area contributed by atoms with Crippen molar-refractivity contribution < 1.29 is 9.72 Å². The van der Waals surface area contributed by atoms with Gasteiger partial charge >= 0.3 is 0 Å². The van der Waals surface area contributed by atoms with E-state index >= 15 is 0 Å². The van der Waals surface area contributed by atoms with E-state index in [-0.39, 0.29) is 17.6 Å². The topological polar surface area (TPSA) is 88.4 Å². The third-order valence-electron chi connectivity index (χ3n) is 3.17. The van der Waals surface area contributed by atoms with Crippen LogP contribution in [0.3, 0.4) is 0 Å². The summed E-state index contributed by atoms with van der Waals surface area (Å²) in [6.07, 6.45) is 1.17. The molecule has 1 atom stereocenters. The second-order valence-electron chi connectivity index (χ2n) is 4.69. The quantitative estimate of drug-likeness (QED) is 0.628. The van der Waals surface area contributed by atoms with E-state index < -0.39 is 4.92 Å². The minimum atomic E-state index is -0.538. The molecule has 1 aliphatic rings. The van der Waals surface area contributed by atoms with Gasteiger partial charge < -0.3 is 10.2 Å². The molecule has 1 N–H and O–H groups in total. The van der Waals surface area contributed by atoms with Crippen molar-refractivity contribution in [2.75, 3.05) is 19.6 Å². The van der Waals surface area contributed by atoms with Crippen LogP contribution in [-0.4, -0.2) is 46.4 Å². The molecule has 19 heavy (non-hydrogen) atoms. The van der Waals surface area contributed by atoms with Gasteiger partial charge in [-0.2, -0.15) is 0 Å². The van der Waals surface area contributed by atoms with Crippen LogP contribution in [0, 0.1) is 17.0 Å². The van der Waals surface area contributed by atoms with Gasteiger partial charge in [0.1, 0.15) is 6.20 Å². The van der Waals surface area contributed by atoms with Gasteiger partial charge in [0, 0.05) is 31.7 Å². The lowest BCUT2D eigenvalue weighted by Crippen LogP contribution is -2.51. The van der Waals surface area contributed by atoms with Crippen LogP contribution < -0.4 is 5.32 Å². The van der Waals surface area contributed by atoms with Crippen molar-refractivity contribution in [3.8, 4) is 0 Å². The predicted molar refractivity (Wildman–Crippen MR) is 69.0 cm³/mol. The molecule has 1 aromatic rings. The van der Waals surface area contributed by atoms with Crippen LogP contribution in [0.1, 0.15) is 23.0 Å². The van der Waals surface area contributed by atoms with E-state index in [1.807, 2.05) is 6.92 Å². The standard InChI is InChI=1S/C12H16N4O3/c1-8-7-15(4-3-13-8)12(17)11-5-10(16(18)19)6-14-9(11)2/h5-6,8,13H,3-4,7H2,1-2H3. The molecule has 1 aliphatic heterocycles. The Bertz CT molecular complexity index is 518. The van der Waals surface area contributed by atoms with Crippen molar-refractivity contribution in [3.63, 3.8) is 0 Å². The van der Waals surface area contributed by atoms with E-state index in [4.69, 9.17) is 0 Å². The van der Waals surface area contributed by atoms with Crippen molar-refractivity contribution in [2.45, 2.75) is 19.9 Å². The molecule has 0 spiro atoms. The van der Waals surface area contributed by atoms with E-state index in [1.165, 1.54) is 12.3 Å². The van der Waals surface area contributed by atoms with Crippen molar-refractivity contribution in [2.24, 2.45) is 0 Å². The molecule has 1 amide bonds. The summed E-state index contributed by atoms with van der Waals surface area (Å²) in [5, 5.41) is 14.0. The minimum Gasteiger partial charge on any atom is -0.336 e. The highest BCUT2D eigenvalue weighted by atomic mass is 16.6. The number of piperazine rings is 1. The van der Waals surface area contributed by atoms with Crippen molar-refractivity contribution in [1.82, 2.24) is 15.2 Å². The van der Waals surface area contributed by atoms with Crippen molar-refractivity contribution in [3.05, 3.63) is 33.6 Å². The molecular formula is C12H16N4O3.